The third-order valence-electron chi connectivity index (χ3n) is 3.65. The number of rotatable bonds is 4. The van der Waals surface area contributed by atoms with Crippen molar-refractivity contribution in [2.45, 2.75) is 19.4 Å². The molecule has 0 bridgehead atoms. The highest BCUT2D eigenvalue weighted by Gasteiger charge is 2.28. The van der Waals surface area contributed by atoms with Gasteiger partial charge in [-0.25, -0.2) is 4.98 Å². The van der Waals surface area contributed by atoms with E-state index in [1.165, 1.54) is 5.56 Å². The van der Waals surface area contributed by atoms with Gasteiger partial charge in [-0.05, 0) is 31.0 Å². The molecule has 0 amide bonds. The number of nitrogen functional groups attached to an aromatic ring is 1. The Balaban J connectivity index is 1.69. The molecule has 3 heterocycles. The summed E-state index contributed by atoms with van der Waals surface area (Å²) in [7, 11) is 0. The molecule has 0 unspecified atom stereocenters. The number of anilines is 2. The van der Waals surface area contributed by atoms with Crippen LogP contribution in [0.4, 0.5) is 11.8 Å². The van der Waals surface area contributed by atoms with E-state index >= 15 is 0 Å². The second-order valence-electron chi connectivity index (χ2n) is 5.36. The largest absolute Gasteiger partial charge is 0.379 e. The van der Waals surface area contributed by atoms with Crippen molar-refractivity contribution in [1.82, 2.24) is 15.0 Å². The standard InChI is InChI=1S/C15H19N5O/c1-10-6-14(20-15(16)18-10)19-13-9-21-8-12(13)7-11-2-4-17-5-3-11/h2-6,12-13H,7-9H2,1H3,(H3,16,18,19,20)/t12-,13-/m1/s1. The number of hydrogen-bond acceptors (Lipinski definition) is 6. The van der Waals surface area contributed by atoms with Crippen LogP contribution < -0.4 is 11.1 Å². The van der Waals surface area contributed by atoms with Gasteiger partial charge in [0, 0.05) is 30.1 Å². The van der Waals surface area contributed by atoms with Crippen molar-refractivity contribution in [2.75, 3.05) is 24.3 Å². The molecule has 6 nitrogen and oxygen atoms in total. The topological polar surface area (TPSA) is 86.0 Å². The molecule has 3 rings (SSSR count). The zero-order valence-electron chi connectivity index (χ0n) is 12.0. The molecule has 6 heteroatoms. The number of nitrogens with one attached hydrogen (secondary N) is 1. The number of aromatic nitrogens is 3. The number of aryl methyl sites for hydroxylation is 1. The minimum absolute atomic E-state index is 0.229. The van der Waals surface area contributed by atoms with Gasteiger partial charge in [0.15, 0.2) is 0 Å². The van der Waals surface area contributed by atoms with Crippen molar-refractivity contribution in [3.05, 3.63) is 41.9 Å². The summed E-state index contributed by atoms with van der Waals surface area (Å²) in [5, 5.41) is 3.42. The Kier molecular flexibility index (Phi) is 3.96. The van der Waals surface area contributed by atoms with Gasteiger partial charge in [0.1, 0.15) is 5.82 Å². The second kappa shape index (κ2) is 6.05. The van der Waals surface area contributed by atoms with E-state index in [0.29, 0.717) is 18.5 Å². The normalized spacial score (nSPS) is 21.4. The molecule has 110 valence electrons. The van der Waals surface area contributed by atoms with E-state index < -0.39 is 0 Å². The van der Waals surface area contributed by atoms with Crippen LogP contribution in [0, 0.1) is 12.8 Å². The summed E-state index contributed by atoms with van der Waals surface area (Å²) < 4.78 is 5.62. The van der Waals surface area contributed by atoms with Crippen LogP contribution in [0.3, 0.4) is 0 Å². The minimum Gasteiger partial charge on any atom is -0.379 e. The van der Waals surface area contributed by atoms with Crippen LogP contribution in [0.1, 0.15) is 11.3 Å². The second-order valence-corrected chi connectivity index (χ2v) is 5.36. The van der Waals surface area contributed by atoms with E-state index in [4.69, 9.17) is 10.5 Å². The zero-order chi connectivity index (χ0) is 14.7. The summed E-state index contributed by atoms with van der Waals surface area (Å²) in [6.07, 6.45) is 4.60. The fraction of sp³-hybridized carbons (Fsp3) is 0.400. The Morgan fingerprint density at radius 3 is 2.86 bits per heavy atom. The number of ether oxygens (including phenoxy) is 1. The first-order valence-electron chi connectivity index (χ1n) is 7.05. The molecule has 0 spiro atoms. The van der Waals surface area contributed by atoms with Gasteiger partial charge in [-0.3, -0.25) is 4.98 Å². The third-order valence-corrected chi connectivity index (χ3v) is 3.65. The quantitative estimate of drug-likeness (QED) is 0.884. The Labute approximate surface area is 123 Å². The molecule has 0 radical (unpaired) electrons. The molecule has 21 heavy (non-hydrogen) atoms. The number of hydrogen-bond donors (Lipinski definition) is 2. The van der Waals surface area contributed by atoms with Gasteiger partial charge in [0.25, 0.3) is 0 Å². The molecule has 1 saturated heterocycles. The van der Waals surface area contributed by atoms with Crippen molar-refractivity contribution >= 4 is 11.8 Å². The van der Waals surface area contributed by atoms with Gasteiger partial charge in [-0.1, -0.05) is 0 Å². The van der Waals surface area contributed by atoms with Crippen LogP contribution >= 0.6 is 0 Å². The lowest BCUT2D eigenvalue weighted by atomic mass is 9.95. The maximum atomic E-state index is 5.69. The van der Waals surface area contributed by atoms with Gasteiger partial charge in [0.2, 0.25) is 5.95 Å². The molecule has 2 aromatic heterocycles. The highest BCUT2D eigenvalue weighted by Crippen LogP contribution is 2.22. The minimum atomic E-state index is 0.229. The fourth-order valence-electron chi connectivity index (χ4n) is 2.64. The van der Waals surface area contributed by atoms with Crippen LogP contribution in [0.5, 0.6) is 0 Å². The van der Waals surface area contributed by atoms with Crippen molar-refractivity contribution in [3.8, 4) is 0 Å². The lowest BCUT2D eigenvalue weighted by molar-refractivity contribution is 0.185. The predicted octanol–water partition coefficient (Wildman–Crippen LogP) is 1.43. The Hall–Kier alpha value is -2.21. The fourth-order valence-corrected chi connectivity index (χ4v) is 2.64. The smallest absolute Gasteiger partial charge is 0.222 e. The predicted molar refractivity (Wildman–Crippen MR) is 80.8 cm³/mol. The van der Waals surface area contributed by atoms with Crippen LogP contribution in [-0.4, -0.2) is 34.2 Å². The molecule has 0 saturated carbocycles. The summed E-state index contributed by atoms with van der Waals surface area (Å²) in [4.78, 5) is 12.4. The zero-order valence-corrected chi connectivity index (χ0v) is 12.0. The summed E-state index contributed by atoms with van der Waals surface area (Å²) in [6, 6.07) is 6.22. The van der Waals surface area contributed by atoms with Crippen molar-refractivity contribution < 1.29 is 4.74 Å². The Morgan fingerprint density at radius 1 is 1.29 bits per heavy atom. The van der Waals surface area contributed by atoms with E-state index in [-0.39, 0.29) is 6.04 Å². The average molecular weight is 285 g/mol. The molecule has 2 aromatic rings. The summed E-state index contributed by atoms with van der Waals surface area (Å²) in [6.45, 7) is 3.33. The first-order valence-corrected chi connectivity index (χ1v) is 7.05. The van der Waals surface area contributed by atoms with Crippen molar-refractivity contribution in [1.29, 1.82) is 0 Å². The molecule has 1 aliphatic rings. The molecule has 3 N–H and O–H groups in total. The van der Waals surface area contributed by atoms with Gasteiger partial charge in [-0.15, -0.1) is 0 Å². The van der Waals surface area contributed by atoms with E-state index in [0.717, 1.165) is 24.5 Å². The van der Waals surface area contributed by atoms with Crippen LogP contribution in [0.25, 0.3) is 0 Å². The molecule has 0 aliphatic carbocycles. The van der Waals surface area contributed by atoms with Gasteiger partial charge < -0.3 is 15.8 Å². The average Bonchev–Trinajstić information content (AvgIpc) is 2.86. The number of nitrogens with zero attached hydrogens (tertiary/aromatic N) is 3. The van der Waals surface area contributed by atoms with Crippen LogP contribution in [-0.2, 0) is 11.2 Å². The molecule has 1 fully saturated rings. The lowest BCUT2D eigenvalue weighted by Crippen LogP contribution is -2.29. The van der Waals surface area contributed by atoms with Gasteiger partial charge in [0.05, 0.1) is 19.3 Å². The summed E-state index contributed by atoms with van der Waals surface area (Å²) in [5.41, 5.74) is 7.82. The first-order chi connectivity index (χ1) is 10.2. The SMILES string of the molecule is Cc1cc(N[C@@H]2COC[C@H]2Cc2ccncc2)nc(N)n1. The maximum Gasteiger partial charge on any atom is 0.222 e. The summed E-state index contributed by atoms with van der Waals surface area (Å²) in [5.74, 6) is 1.46. The van der Waals surface area contributed by atoms with Crippen LogP contribution in [0.2, 0.25) is 0 Å². The van der Waals surface area contributed by atoms with E-state index in [1.807, 2.05) is 37.5 Å². The highest BCUT2D eigenvalue weighted by molar-refractivity contribution is 5.41. The van der Waals surface area contributed by atoms with E-state index in [1.54, 1.807) is 0 Å². The number of nitrogens with two attached hydrogens (primary N) is 1. The first kappa shape index (κ1) is 13.8. The highest BCUT2D eigenvalue weighted by atomic mass is 16.5. The van der Waals surface area contributed by atoms with Crippen molar-refractivity contribution in [3.63, 3.8) is 0 Å². The van der Waals surface area contributed by atoms with E-state index in [9.17, 15) is 0 Å². The Morgan fingerprint density at radius 2 is 2.10 bits per heavy atom. The molecule has 0 aromatic carbocycles. The third kappa shape index (κ3) is 3.46. The number of pyridine rings is 1. The monoisotopic (exact) mass is 285 g/mol. The van der Waals surface area contributed by atoms with Crippen molar-refractivity contribution in [2.24, 2.45) is 5.92 Å². The van der Waals surface area contributed by atoms with Gasteiger partial charge >= 0.3 is 0 Å². The lowest BCUT2D eigenvalue weighted by Gasteiger charge is -2.20. The molecular weight excluding hydrogens is 266 g/mol. The molecule has 1 aliphatic heterocycles. The summed E-state index contributed by atoms with van der Waals surface area (Å²) >= 11 is 0. The van der Waals surface area contributed by atoms with Crippen LogP contribution in [0.15, 0.2) is 30.6 Å². The molecule has 2 atom stereocenters. The van der Waals surface area contributed by atoms with Gasteiger partial charge in [-0.2, -0.15) is 4.98 Å². The maximum absolute atomic E-state index is 5.69. The van der Waals surface area contributed by atoms with E-state index in [2.05, 4.69) is 20.3 Å². The molecular formula is C15H19N5O. The Bertz CT molecular complexity index is 584.